The lowest BCUT2D eigenvalue weighted by Gasteiger charge is -2.44. The molecule has 1 N–H and O–H groups in total. The predicted octanol–water partition coefficient (Wildman–Crippen LogP) is 4.71. The van der Waals surface area contributed by atoms with Crippen molar-refractivity contribution in [3.05, 3.63) is 60.2 Å². The summed E-state index contributed by atoms with van der Waals surface area (Å²) in [7, 11) is 0. The Kier molecular flexibility index (Phi) is 12.9. The number of fused-ring (bicyclic) bond motifs is 1. The maximum absolute atomic E-state index is 14.3. The van der Waals surface area contributed by atoms with E-state index in [9.17, 15) is 33.9 Å². The second kappa shape index (κ2) is 16.1. The standard InChI is InChI=1S/C38H50O12/c1-11-27(41)48-29-22(5)19-38(45)28(29)30(46-24(7)39)23(6)31(49-35(43)20(2)3)32(50-36(44)26-15-13-12-14-16-26)34(47-25(8)40)37(9,10)18-17-21(4)33(38)42/h12-18,20-22,28-32,34,45H,6,11,19H2,1-5,7-10H3. The van der Waals surface area contributed by atoms with Gasteiger partial charge in [-0.15, -0.1) is 0 Å². The van der Waals surface area contributed by atoms with Crippen molar-refractivity contribution in [1.82, 2.24) is 0 Å². The van der Waals surface area contributed by atoms with Gasteiger partial charge in [0.15, 0.2) is 24.1 Å². The highest BCUT2D eigenvalue weighted by atomic mass is 16.6. The number of Topliss-reactive ketones (excluding diaryl/α,β-unsaturated/α-hetero) is 1. The fraction of sp³-hybridized carbons (Fsp3) is 0.579. The minimum Gasteiger partial charge on any atom is -0.461 e. The first kappa shape index (κ1) is 40.1. The summed E-state index contributed by atoms with van der Waals surface area (Å²) in [6.07, 6.45) is -4.53. The number of rotatable bonds is 8. The first-order chi connectivity index (χ1) is 23.2. The molecule has 0 spiro atoms. The number of aliphatic hydroxyl groups is 1. The zero-order valence-electron chi connectivity index (χ0n) is 30.3. The molecule has 3 rings (SSSR count). The van der Waals surface area contributed by atoms with Gasteiger partial charge in [0.05, 0.1) is 17.4 Å². The highest BCUT2D eigenvalue weighted by molar-refractivity contribution is 5.92. The van der Waals surface area contributed by atoms with Crippen molar-refractivity contribution in [2.75, 3.05) is 0 Å². The normalized spacial score (nSPS) is 31.0. The average Bonchev–Trinajstić information content (AvgIpc) is 3.30. The van der Waals surface area contributed by atoms with Crippen LogP contribution in [0.5, 0.6) is 0 Å². The molecule has 274 valence electrons. The topological polar surface area (TPSA) is 169 Å². The number of hydrogen-bond donors (Lipinski definition) is 1. The molecule has 12 nitrogen and oxygen atoms in total. The molecule has 1 fully saturated rings. The van der Waals surface area contributed by atoms with Crippen LogP contribution in [0.4, 0.5) is 0 Å². The Morgan fingerprint density at radius 1 is 0.900 bits per heavy atom. The number of ketones is 1. The third-order valence-corrected chi connectivity index (χ3v) is 9.25. The smallest absolute Gasteiger partial charge is 0.338 e. The summed E-state index contributed by atoms with van der Waals surface area (Å²) in [5.74, 6) is -8.20. The van der Waals surface area contributed by atoms with Gasteiger partial charge in [-0.1, -0.05) is 85.4 Å². The molecule has 50 heavy (non-hydrogen) atoms. The number of carbonyl (C=O) groups excluding carboxylic acids is 6. The van der Waals surface area contributed by atoms with Gasteiger partial charge in [-0.2, -0.15) is 0 Å². The maximum Gasteiger partial charge on any atom is 0.338 e. The molecule has 0 aliphatic heterocycles. The van der Waals surface area contributed by atoms with Gasteiger partial charge in [-0.25, -0.2) is 4.79 Å². The lowest BCUT2D eigenvalue weighted by Crippen LogP contribution is -2.58. The quantitative estimate of drug-likeness (QED) is 0.226. The summed E-state index contributed by atoms with van der Waals surface area (Å²) in [6, 6.07) is 7.97. The molecular formula is C38H50O12. The Bertz CT molecular complexity index is 1490. The second-order valence-electron chi connectivity index (χ2n) is 14.2. The van der Waals surface area contributed by atoms with Gasteiger partial charge in [-0.05, 0) is 24.5 Å². The van der Waals surface area contributed by atoms with Crippen molar-refractivity contribution in [3.63, 3.8) is 0 Å². The van der Waals surface area contributed by atoms with E-state index in [0.29, 0.717) is 0 Å². The van der Waals surface area contributed by atoms with Gasteiger partial charge in [0.1, 0.15) is 17.8 Å². The van der Waals surface area contributed by atoms with Gasteiger partial charge < -0.3 is 28.8 Å². The highest BCUT2D eigenvalue weighted by Crippen LogP contribution is 2.49. The average molecular weight is 699 g/mol. The molecule has 12 heteroatoms. The van der Waals surface area contributed by atoms with Crippen LogP contribution < -0.4 is 0 Å². The fourth-order valence-corrected chi connectivity index (χ4v) is 6.65. The van der Waals surface area contributed by atoms with Gasteiger partial charge in [0.2, 0.25) is 0 Å². The SMILES string of the molecule is C=C1C(OC(=O)C(C)C)C(OC(=O)c2ccccc2)C(OC(C)=O)C(C)(C)C=CC(C)C(=O)C2(O)CC(C)C(OC(=O)CC)C2C1OC(C)=O. The monoisotopic (exact) mass is 698 g/mol. The number of ether oxygens (including phenoxy) is 5. The number of allylic oxidation sites excluding steroid dienone is 1. The van der Waals surface area contributed by atoms with Crippen molar-refractivity contribution >= 4 is 35.6 Å². The van der Waals surface area contributed by atoms with E-state index in [1.54, 1.807) is 72.7 Å². The van der Waals surface area contributed by atoms with E-state index in [0.717, 1.165) is 13.8 Å². The van der Waals surface area contributed by atoms with E-state index >= 15 is 0 Å². The van der Waals surface area contributed by atoms with Crippen molar-refractivity contribution in [1.29, 1.82) is 0 Å². The van der Waals surface area contributed by atoms with Gasteiger partial charge >= 0.3 is 29.8 Å². The van der Waals surface area contributed by atoms with Crippen LogP contribution in [0.1, 0.15) is 85.5 Å². The summed E-state index contributed by atoms with van der Waals surface area (Å²) in [5.41, 5.74) is -3.51. The van der Waals surface area contributed by atoms with E-state index in [1.807, 2.05) is 0 Å². The van der Waals surface area contributed by atoms with Crippen molar-refractivity contribution in [2.24, 2.45) is 29.1 Å². The molecule has 2 aliphatic carbocycles. The van der Waals surface area contributed by atoms with Gasteiger partial charge in [0, 0.05) is 37.2 Å². The molecule has 0 radical (unpaired) electrons. The van der Waals surface area contributed by atoms with Crippen LogP contribution in [0, 0.1) is 29.1 Å². The van der Waals surface area contributed by atoms with Crippen LogP contribution in [-0.4, -0.2) is 76.9 Å². The number of esters is 5. The summed E-state index contributed by atoms with van der Waals surface area (Å²) in [5, 5.41) is 12.4. The minimum atomic E-state index is -2.23. The first-order valence-corrected chi connectivity index (χ1v) is 16.9. The molecule has 0 amide bonds. The van der Waals surface area contributed by atoms with Crippen molar-refractivity contribution < 1.29 is 57.6 Å². The summed E-state index contributed by atoms with van der Waals surface area (Å²) in [6.45, 7) is 17.8. The molecule has 1 aromatic carbocycles. The minimum absolute atomic E-state index is 0.0219. The zero-order chi connectivity index (χ0) is 37.7. The zero-order valence-corrected chi connectivity index (χ0v) is 30.3. The summed E-state index contributed by atoms with van der Waals surface area (Å²) < 4.78 is 29.7. The van der Waals surface area contributed by atoms with E-state index in [-0.39, 0.29) is 24.0 Å². The van der Waals surface area contributed by atoms with E-state index in [4.69, 9.17) is 23.7 Å². The molecule has 1 aromatic rings. The lowest BCUT2D eigenvalue weighted by atomic mass is 9.72. The molecule has 0 bridgehead atoms. The molecule has 9 unspecified atom stereocenters. The summed E-state index contributed by atoms with van der Waals surface area (Å²) >= 11 is 0. The second-order valence-corrected chi connectivity index (χ2v) is 14.2. The van der Waals surface area contributed by atoms with Crippen molar-refractivity contribution in [2.45, 2.75) is 111 Å². The van der Waals surface area contributed by atoms with E-state index < -0.39 is 101 Å². The molecule has 1 saturated carbocycles. The Labute approximate surface area is 293 Å². The van der Waals surface area contributed by atoms with Crippen LogP contribution in [0.25, 0.3) is 0 Å². The van der Waals surface area contributed by atoms with Crippen LogP contribution >= 0.6 is 0 Å². The molecule has 0 aromatic heterocycles. The van der Waals surface area contributed by atoms with Crippen LogP contribution in [0.2, 0.25) is 0 Å². The lowest BCUT2D eigenvalue weighted by molar-refractivity contribution is -0.182. The Morgan fingerprint density at radius 3 is 2.04 bits per heavy atom. The largest absolute Gasteiger partial charge is 0.461 e. The van der Waals surface area contributed by atoms with Gasteiger partial charge in [-0.3, -0.25) is 24.0 Å². The van der Waals surface area contributed by atoms with Crippen molar-refractivity contribution in [3.8, 4) is 0 Å². The van der Waals surface area contributed by atoms with E-state index in [2.05, 4.69) is 6.58 Å². The molecule has 9 atom stereocenters. The number of hydrogen-bond acceptors (Lipinski definition) is 12. The Hall–Kier alpha value is -4.32. The fourth-order valence-electron chi connectivity index (χ4n) is 6.65. The Balaban J connectivity index is 2.45. The number of carbonyl (C=O) groups is 6. The van der Waals surface area contributed by atoms with Crippen LogP contribution in [0.15, 0.2) is 54.6 Å². The molecule has 0 heterocycles. The summed E-state index contributed by atoms with van der Waals surface area (Å²) in [4.78, 5) is 79.7. The van der Waals surface area contributed by atoms with Crippen LogP contribution in [-0.2, 0) is 47.7 Å². The first-order valence-electron chi connectivity index (χ1n) is 16.9. The predicted molar refractivity (Wildman–Crippen MR) is 180 cm³/mol. The third kappa shape index (κ3) is 8.88. The molecule has 0 saturated heterocycles. The maximum atomic E-state index is 14.3. The molecular weight excluding hydrogens is 648 g/mol. The number of benzene rings is 1. The highest BCUT2D eigenvalue weighted by Gasteiger charge is 2.63. The van der Waals surface area contributed by atoms with Crippen LogP contribution in [0.3, 0.4) is 0 Å². The Morgan fingerprint density at radius 2 is 1.50 bits per heavy atom. The van der Waals surface area contributed by atoms with E-state index in [1.165, 1.54) is 18.2 Å². The van der Waals surface area contributed by atoms with Gasteiger partial charge in [0.25, 0.3) is 0 Å². The molecule has 2 aliphatic rings. The third-order valence-electron chi connectivity index (χ3n) is 9.25.